The Morgan fingerprint density at radius 1 is 1.24 bits per heavy atom. The molecule has 1 aromatic heterocycles. The monoisotopic (exact) mass is 238 g/mol. The number of benzene rings is 1. The lowest BCUT2D eigenvalue weighted by Crippen LogP contribution is -2.21. The smallest absolute Gasteiger partial charge is 0.292 e. The Bertz CT molecular complexity index is 482. The van der Waals surface area contributed by atoms with E-state index in [9.17, 15) is 8.78 Å². The molecule has 90 valence electrons. The van der Waals surface area contributed by atoms with Crippen LogP contribution in [0.25, 0.3) is 0 Å². The molecule has 0 aliphatic carbocycles. The minimum absolute atomic E-state index is 0.0407. The maximum absolute atomic E-state index is 13.8. The van der Waals surface area contributed by atoms with Crippen LogP contribution in [0.3, 0.4) is 0 Å². The zero-order chi connectivity index (χ0) is 12.3. The lowest BCUT2D eigenvalue weighted by Gasteiger charge is -2.16. The second kappa shape index (κ2) is 4.63. The van der Waals surface area contributed by atoms with Crippen molar-refractivity contribution in [3.63, 3.8) is 0 Å². The Morgan fingerprint density at radius 3 is 2.53 bits per heavy atom. The van der Waals surface area contributed by atoms with Gasteiger partial charge in [0.05, 0.1) is 12.8 Å². The molecular weight excluding hydrogens is 226 g/mol. The van der Waals surface area contributed by atoms with Gasteiger partial charge in [-0.3, -0.25) is 4.68 Å². The molecule has 0 atom stereocenters. The van der Waals surface area contributed by atoms with Gasteiger partial charge in [-0.05, 0) is 0 Å². The van der Waals surface area contributed by atoms with Crippen LogP contribution < -0.4 is 0 Å². The van der Waals surface area contributed by atoms with Gasteiger partial charge in [0, 0.05) is 17.3 Å². The van der Waals surface area contributed by atoms with Gasteiger partial charge in [0.25, 0.3) is 5.92 Å². The number of nitrogens with zero attached hydrogens (tertiary/aromatic N) is 2. The van der Waals surface area contributed by atoms with E-state index in [1.165, 1.54) is 24.5 Å². The Balaban J connectivity index is 2.17. The first kappa shape index (κ1) is 11.7. The zero-order valence-electron chi connectivity index (χ0n) is 9.05. The molecule has 0 bridgehead atoms. The SMILES string of the molecule is OCc1cnn(CC(F)(F)c2ccccc2)c1. The third-order valence-electron chi connectivity index (χ3n) is 2.43. The summed E-state index contributed by atoms with van der Waals surface area (Å²) in [4.78, 5) is 0. The highest BCUT2D eigenvalue weighted by molar-refractivity contribution is 5.19. The second-order valence-corrected chi connectivity index (χ2v) is 3.77. The van der Waals surface area contributed by atoms with Crippen molar-refractivity contribution in [2.75, 3.05) is 0 Å². The van der Waals surface area contributed by atoms with E-state index >= 15 is 0 Å². The summed E-state index contributed by atoms with van der Waals surface area (Å²) < 4.78 is 28.8. The highest BCUT2D eigenvalue weighted by Crippen LogP contribution is 2.29. The molecule has 0 amide bonds. The molecule has 17 heavy (non-hydrogen) atoms. The van der Waals surface area contributed by atoms with Gasteiger partial charge < -0.3 is 5.11 Å². The fourth-order valence-electron chi connectivity index (χ4n) is 1.55. The molecule has 1 heterocycles. The largest absolute Gasteiger partial charge is 0.392 e. The third-order valence-corrected chi connectivity index (χ3v) is 2.43. The highest BCUT2D eigenvalue weighted by atomic mass is 19.3. The van der Waals surface area contributed by atoms with Crippen LogP contribution in [0.5, 0.6) is 0 Å². The number of hydrogen-bond acceptors (Lipinski definition) is 2. The minimum atomic E-state index is -2.97. The molecule has 5 heteroatoms. The van der Waals surface area contributed by atoms with Crippen molar-refractivity contribution in [2.24, 2.45) is 0 Å². The molecule has 0 fully saturated rings. The van der Waals surface area contributed by atoms with Crippen LogP contribution in [0.15, 0.2) is 42.7 Å². The van der Waals surface area contributed by atoms with Crippen molar-refractivity contribution in [3.05, 3.63) is 53.9 Å². The van der Waals surface area contributed by atoms with Crippen LogP contribution in [0, 0.1) is 0 Å². The van der Waals surface area contributed by atoms with Gasteiger partial charge in [0.2, 0.25) is 0 Å². The fourth-order valence-corrected chi connectivity index (χ4v) is 1.55. The van der Waals surface area contributed by atoms with Gasteiger partial charge >= 0.3 is 0 Å². The predicted octanol–water partition coefficient (Wildman–Crippen LogP) is 2.17. The molecule has 0 aliphatic heterocycles. The molecule has 3 nitrogen and oxygen atoms in total. The third kappa shape index (κ3) is 2.68. The van der Waals surface area contributed by atoms with Crippen molar-refractivity contribution in [2.45, 2.75) is 19.1 Å². The molecule has 2 rings (SSSR count). The number of aromatic nitrogens is 2. The van der Waals surface area contributed by atoms with E-state index in [-0.39, 0.29) is 12.2 Å². The summed E-state index contributed by atoms with van der Waals surface area (Å²) in [7, 11) is 0. The van der Waals surface area contributed by atoms with Gasteiger partial charge in [-0.2, -0.15) is 13.9 Å². The van der Waals surface area contributed by atoms with E-state index in [1.807, 2.05) is 0 Å². The molecule has 0 radical (unpaired) electrons. The van der Waals surface area contributed by atoms with Crippen molar-refractivity contribution >= 4 is 0 Å². The summed E-state index contributed by atoms with van der Waals surface area (Å²) in [6.07, 6.45) is 2.79. The van der Waals surface area contributed by atoms with Crippen LogP contribution in [0.1, 0.15) is 11.1 Å². The summed E-state index contributed by atoms with van der Waals surface area (Å²) in [5, 5.41) is 12.6. The minimum Gasteiger partial charge on any atom is -0.392 e. The van der Waals surface area contributed by atoms with Crippen molar-refractivity contribution in [3.8, 4) is 0 Å². The molecule has 0 aliphatic rings. The topological polar surface area (TPSA) is 38.1 Å². The molecule has 1 aromatic carbocycles. The Kier molecular flexibility index (Phi) is 3.19. The first-order valence-electron chi connectivity index (χ1n) is 5.17. The maximum atomic E-state index is 13.8. The second-order valence-electron chi connectivity index (χ2n) is 3.77. The first-order valence-corrected chi connectivity index (χ1v) is 5.17. The summed E-state index contributed by atoms with van der Waals surface area (Å²) in [6, 6.07) is 7.61. The molecule has 0 unspecified atom stereocenters. The molecule has 1 N–H and O–H groups in total. The fraction of sp³-hybridized carbons (Fsp3) is 0.250. The standard InChI is InChI=1S/C12H12F2N2O/c13-12(14,11-4-2-1-3-5-11)9-16-7-10(8-17)6-15-16/h1-7,17H,8-9H2. The van der Waals surface area contributed by atoms with Crippen LogP contribution >= 0.6 is 0 Å². The number of alkyl halides is 2. The number of hydrogen-bond donors (Lipinski definition) is 1. The summed E-state index contributed by atoms with van der Waals surface area (Å²) in [5.74, 6) is -2.97. The van der Waals surface area contributed by atoms with Crippen LogP contribution in [-0.2, 0) is 19.1 Å². The number of aliphatic hydroxyl groups is 1. The van der Waals surface area contributed by atoms with Crippen LogP contribution in [-0.4, -0.2) is 14.9 Å². The van der Waals surface area contributed by atoms with Gasteiger partial charge in [0.15, 0.2) is 0 Å². The van der Waals surface area contributed by atoms with Crippen LogP contribution in [0.2, 0.25) is 0 Å². The number of rotatable bonds is 4. The van der Waals surface area contributed by atoms with Crippen molar-refractivity contribution in [1.29, 1.82) is 0 Å². The Labute approximate surface area is 97.3 Å². The van der Waals surface area contributed by atoms with Gasteiger partial charge in [-0.15, -0.1) is 0 Å². The Morgan fingerprint density at radius 2 is 1.94 bits per heavy atom. The first-order chi connectivity index (χ1) is 8.12. The average Bonchev–Trinajstić information content (AvgIpc) is 2.77. The quantitative estimate of drug-likeness (QED) is 0.886. The van der Waals surface area contributed by atoms with Gasteiger partial charge in [-0.25, -0.2) is 0 Å². The van der Waals surface area contributed by atoms with Crippen molar-refractivity contribution in [1.82, 2.24) is 9.78 Å². The van der Waals surface area contributed by atoms with E-state index in [0.29, 0.717) is 5.56 Å². The number of aliphatic hydroxyl groups excluding tert-OH is 1. The van der Waals surface area contributed by atoms with E-state index in [1.54, 1.807) is 18.2 Å². The summed E-state index contributed by atoms with van der Waals surface area (Å²) in [6.45, 7) is -0.728. The van der Waals surface area contributed by atoms with E-state index in [0.717, 1.165) is 4.68 Å². The molecule has 0 saturated carbocycles. The maximum Gasteiger partial charge on any atom is 0.292 e. The lowest BCUT2D eigenvalue weighted by molar-refractivity contribution is -0.0254. The number of halogens is 2. The van der Waals surface area contributed by atoms with Crippen molar-refractivity contribution < 1.29 is 13.9 Å². The van der Waals surface area contributed by atoms with Gasteiger partial charge in [-0.1, -0.05) is 30.3 Å². The van der Waals surface area contributed by atoms with E-state index in [2.05, 4.69) is 5.10 Å². The van der Waals surface area contributed by atoms with E-state index in [4.69, 9.17) is 5.11 Å². The zero-order valence-corrected chi connectivity index (χ0v) is 9.05. The lowest BCUT2D eigenvalue weighted by atomic mass is 10.1. The Hall–Kier alpha value is -1.75. The van der Waals surface area contributed by atoms with Gasteiger partial charge in [0.1, 0.15) is 6.54 Å². The predicted molar refractivity (Wildman–Crippen MR) is 58.5 cm³/mol. The molecule has 0 saturated heterocycles. The average molecular weight is 238 g/mol. The highest BCUT2D eigenvalue weighted by Gasteiger charge is 2.32. The summed E-state index contributed by atoms with van der Waals surface area (Å²) in [5.41, 5.74) is 0.481. The molecular formula is C12H12F2N2O. The summed E-state index contributed by atoms with van der Waals surface area (Å²) >= 11 is 0. The molecule has 2 aromatic rings. The molecule has 0 spiro atoms. The van der Waals surface area contributed by atoms with Crippen LogP contribution in [0.4, 0.5) is 8.78 Å². The van der Waals surface area contributed by atoms with E-state index < -0.39 is 12.5 Å². The normalized spacial score (nSPS) is 11.7.